The average Bonchev–Trinajstić information content (AvgIpc) is 3.56. The highest BCUT2D eigenvalue weighted by molar-refractivity contribution is 5.97. The second-order valence-electron chi connectivity index (χ2n) is 6.80. The maximum atomic E-state index is 13.0. The van der Waals surface area contributed by atoms with Gasteiger partial charge in [0.25, 0.3) is 5.56 Å². The molecule has 1 aliphatic carbocycles. The van der Waals surface area contributed by atoms with E-state index in [2.05, 4.69) is 0 Å². The predicted molar refractivity (Wildman–Crippen MR) is 115 cm³/mol. The third-order valence-corrected chi connectivity index (χ3v) is 5.14. The molecule has 154 valence electrons. The molecule has 1 aromatic heterocycles. The van der Waals surface area contributed by atoms with E-state index in [0.29, 0.717) is 23.0 Å². The van der Waals surface area contributed by atoms with Gasteiger partial charge >= 0.3 is 0 Å². The fraction of sp³-hybridized carbons (Fsp3) is 0.318. The first-order chi connectivity index (χ1) is 13.6. The summed E-state index contributed by atoms with van der Waals surface area (Å²) in [5.41, 5.74) is 1.72. The Bertz CT molecular complexity index is 1100. The summed E-state index contributed by atoms with van der Waals surface area (Å²) in [7, 11) is 6.40. The number of hydrogen-bond donors (Lipinski definition) is 0. The number of benzene rings is 2. The second-order valence-corrected chi connectivity index (χ2v) is 6.80. The Hall–Kier alpha value is -2.86. The normalized spacial score (nSPS) is 13.0. The van der Waals surface area contributed by atoms with E-state index in [4.69, 9.17) is 18.9 Å². The van der Waals surface area contributed by atoms with Gasteiger partial charge in [-0.25, -0.2) is 0 Å². The van der Waals surface area contributed by atoms with Crippen LogP contribution >= 0.6 is 12.4 Å². The van der Waals surface area contributed by atoms with E-state index in [1.807, 2.05) is 34.9 Å². The number of fused-ring (bicyclic) bond motifs is 1. The SMILES string of the molecule is COc1ccc(-c2c3cc(OC)c(OC)cc3cc(=O)n2C2CC2)cc1OC.Cl. The Kier molecular flexibility index (Phi) is 5.94. The van der Waals surface area contributed by atoms with Crippen molar-refractivity contribution >= 4 is 23.2 Å². The van der Waals surface area contributed by atoms with Gasteiger partial charge in [-0.1, -0.05) is 0 Å². The van der Waals surface area contributed by atoms with Gasteiger partial charge in [-0.2, -0.15) is 0 Å². The molecule has 3 aromatic rings. The van der Waals surface area contributed by atoms with E-state index < -0.39 is 0 Å². The fourth-order valence-electron chi connectivity index (χ4n) is 3.64. The number of rotatable bonds is 6. The van der Waals surface area contributed by atoms with E-state index in [1.165, 1.54) is 0 Å². The molecule has 0 atom stereocenters. The molecule has 0 unspecified atom stereocenters. The maximum Gasteiger partial charge on any atom is 0.251 e. The summed E-state index contributed by atoms with van der Waals surface area (Å²) in [5, 5.41) is 1.74. The number of ether oxygens (including phenoxy) is 4. The molecule has 0 N–H and O–H groups in total. The Labute approximate surface area is 175 Å². The van der Waals surface area contributed by atoms with Gasteiger partial charge in [-0.3, -0.25) is 4.79 Å². The highest BCUT2D eigenvalue weighted by Gasteiger charge is 2.29. The number of nitrogens with zero attached hydrogens (tertiary/aromatic N) is 1. The maximum absolute atomic E-state index is 13.0. The number of aromatic nitrogens is 1. The molecule has 1 fully saturated rings. The molecule has 0 amide bonds. The van der Waals surface area contributed by atoms with E-state index in [1.54, 1.807) is 34.5 Å². The minimum absolute atomic E-state index is 0. The van der Waals surface area contributed by atoms with Crippen molar-refractivity contribution in [3.63, 3.8) is 0 Å². The molecule has 1 heterocycles. The van der Waals surface area contributed by atoms with Crippen LogP contribution in [0.15, 0.2) is 41.2 Å². The summed E-state index contributed by atoms with van der Waals surface area (Å²) in [5.74, 6) is 2.48. The third kappa shape index (κ3) is 3.60. The lowest BCUT2D eigenvalue weighted by atomic mass is 10.0. The smallest absolute Gasteiger partial charge is 0.251 e. The fourth-order valence-corrected chi connectivity index (χ4v) is 3.64. The van der Waals surface area contributed by atoms with Crippen molar-refractivity contribution < 1.29 is 18.9 Å². The van der Waals surface area contributed by atoms with Crippen LogP contribution in [-0.4, -0.2) is 33.0 Å². The minimum atomic E-state index is -0.0213. The molecule has 2 aromatic carbocycles. The molecule has 0 spiro atoms. The standard InChI is InChI=1S/C22H23NO5.ClH/c1-25-17-8-5-13(9-18(17)26-2)22-16-12-20(28-4)19(27-3)10-14(16)11-21(24)23(22)15-6-7-15;/h5,8-12,15H,6-7H2,1-4H3;1H. The Balaban J connectivity index is 0.00000240. The number of methoxy groups -OCH3 is 4. The average molecular weight is 418 g/mol. The lowest BCUT2D eigenvalue weighted by molar-refractivity contribution is 0.355. The van der Waals surface area contributed by atoms with Gasteiger partial charge in [-0.15, -0.1) is 12.4 Å². The molecule has 1 aliphatic rings. The molecule has 1 saturated carbocycles. The molecule has 0 bridgehead atoms. The van der Waals surface area contributed by atoms with Crippen LogP contribution in [0, 0.1) is 0 Å². The second kappa shape index (κ2) is 8.25. The minimum Gasteiger partial charge on any atom is -0.493 e. The molecule has 0 aliphatic heterocycles. The van der Waals surface area contributed by atoms with Crippen molar-refractivity contribution in [3.8, 4) is 34.3 Å². The van der Waals surface area contributed by atoms with Crippen LogP contribution < -0.4 is 24.5 Å². The number of halogens is 1. The Morgan fingerprint density at radius 2 is 1.38 bits per heavy atom. The summed E-state index contributed by atoms with van der Waals surface area (Å²) in [6.07, 6.45) is 2.00. The van der Waals surface area contributed by atoms with Gasteiger partial charge in [0.2, 0.25) is 0 Å². The van der Waals surface area contributed by atoms with E-state index in [-0.39, 0.29) is 24.0 Å². The Morgan fingerprint density at radius 3 is 1.97 bits per heavy atom. The summed E-state index contributed by atoms with van der Waals surface area (Å²) >= 11 is 0. The first kappa shape index (κ1) is 20.9. The summed E-state index contributed by atoms with van der Waals surface area (Å²) in [6, 6.07) is 11.4. The van der Waals surface area contributed by atoms with Gasteiger partial charge in [0, 0.05) is 23.1 Å². The lowest BCUT2D eigenvalue weighted by Gasteiger charge is -2.18. The van der Waals surface area contributed by atoms with E-state index >= 15 is 0 Å². The first-order valence-corrected chi connectivity index (χ1v) is 9.15. The quantitative estimate of drug-likeness (QED) is 0.592. The van der Waals surface area contributed by atoms with Crippen molar-refractivity contribution in [2.75, 3.05) is 28.4 Å². The monoisotopic (exact) mass is 417 g/mol. The summed E-state index contributed by atoms with van der Waals surface area (Å²) in [6.45, 7) is 0. The largest absolute Gasteiger partial charge is 0.493 e. The van der Waals surface area contributed by atoms with Gasteiger partial charge in [0.1, 0.15) is 0 Å². The van der Waals surface area contributed by atoms with Crippen molar-refractivity contribution in [2.45, 2.75) is 18.9 Å². The van der Waals surface area contributed by atoms with Gasteiger partial charge < -0.3 is 23.5 Å². The van der Waals surface area contributed by atoms with Crippen LogP contribution in [0.25, 0.3) is 22.0 Å². The number of pyridine rings is 1. The van der Waals surface area contributed by atoms with E-state index in [9.17, 15) is 4.79 Å². The molecular formula is C22H24ClNO5. The molecule has 7 heteroatoms. The summed E-state index contributed by atoms with van der Waals surface area (Å²) in [4.78, 5) is 13.0. The first-order valence-electron chi connectivity index (χ1n) is 9.15. The third-order valence-electron chi connectivity index (χ3n) is 5.14. The van der Waals surface area contributed by atoms with Crippen LogP contribution in [0.4, 0.5) is 0 Å². The van der Waals surface area contributed by atoms with Crippen molar-refractivity contribution in [1.82, 2.24) is 4.57 Å². The summed E-state index contributed by atoms with van der Waals surface area (Å²) < 4.78 is 23.7. The van der Waals surface area contributed by atoms with Crippen LogP contribution in [0.3, 0.4) is 0 Å². The molecule has 0 radical (unpaired) electrons. The zero-order chi connectivity index (χ0) is 19.8. The zero-order valence-electron chi connectivity index (χ0n) is 16.9. The molecular weight excluding hydrogens is 394 g/mol. The van der Waals surface area contributed by atoms with Crippen LogP contribution in [-0.2, 0) is 0 Å². The topological polar surface area (TPSA) is 58.9 Å². The zero-order valence-corrected chi connectivity index (χ0v) is 17.7. The molecule has 6 nitrogen and oxygen atoms in total. The van der Waals surface area contributed by atoms with Crippen LogP contribution in [0.5, 0.6) is 23.0 Å². The molecule has 4 rings (SSSR count). The predicted octanol–water partition coefficient (Wildman–Crippen LogP) is 4.46. The van der Waals surface area contributed by atoms with Crippen molar-refractivity contribution in [3.05, 3.63) is 46.8 Å². The lowest BCUT2D eigenvalue weighted by Crippen LogP contribution is -2.20. The van der Waals surface area contributed by atoms with Gasteiger partial charge in [0.05, 0.1) is 34.1 Å². The number of hydrogen-bond acceptors (Lipinski definition) is 5. The van der Waals surface area contributed by atoms with Gasteiger partial charge in [0.15, 0.2) is 23.0 Å². The molecule has 0 saturated heterocycles. The van der Waals surface area contributed by atoms with Crippen molar-refractivity contribution in [2.24, 2.45) is 0 Å². The van der Waals surface area contributed by atoms with E-state index in [0.717, 1.165) is 34.9 Å². The van der Waals surface area contributed by atoms with Gasteiger partial charge in [-0.05, 0) is 48.6 Å². The Morgan fingerprint density at radius 1 is 0.793 bits per heavy atom. The van der Waals surface area contributed by atoms with Crippen molar-refractivity contribution in [1.29, 1.82) is 0 Å². The van der Waals surface area contributed by atoms with Crippen LogP contribution in [0.2, 0.25) is 0 Å². The highest BCUT2D eigenvalue weighted by Crippen LogP contribution is 2.43. The van der Waals surface area contributed by atoms with Crippen LogP contribution in [0.1, 0.15) is 18.9 Å². The molecule has 29 heavy (non-hydrogen) atoms. The highest BCUT2D eigenvalue weighted by atomic mass is 35.5.